The quantitative estimate of drug-likeness (QED) is 0.745. The van der Waals surface area contributed by atoms with Gasteiger partial charge in [0.05, 0.1) is 25.4 Å². The summed E-state index contributed by atoms with van der Waals surface area (Å²) in [7, 11) is 0. The molecule has 0 fully saturated rings. The molecule has 0 aliphatic heterocycles. The second-order valence-corrected chi connectivity index (χ2v) is 6.64. The van der Waals surface area contributed by atoms with E-state index < -0.39 is 0 Å². The van der Waals surface area contributed by atoms with E-state index in [4.69, 9.17) is 4.42 Å². The van der Waals surface area contributed by atoms with Crippen molar-refractivity contribution in [2.45, 2.75) is 45.2 Å². The molecular formula is C20H25N3O3. The summed E-state index contributed by atoms with van der Waals surface area (Å²) in [6, 6.07) is 9.50. The fourth-order valence-corrected chi connectivity index (χ4v) is 3.18. The highest BCUT2D eigenvalue weighted by molar-refractivity contribution is 5.83. The van der Waals surface area contributed by atoms with E-state index >= 15 is 0 Å². The Balaban J connectivity index is 1.43. The molecule has 3 rings (SSSR count). The van der Waals surface area contributed by atoms with Crippen LogP contribution in [-0.4, -0.2) is 18.5 Å². The van der Waals surface area contributed by atoms with E-state index in [9.17, 15) is 9.59 Å². The first kappa shape index (κ1) is 18.0. The van der Waals surface area contributed by atoms with Crippen LogP contribution in [0.2, 0.25) is 0 Å². The molecule has 2 aromatic rings. The number of carbonyl (C=O) groups excluding carboxylic acids is 2. The molecule has 26 heavy (non-hydrogen) atoms. The number of rotatable bonds is 6. The second kappa shape index (κ2) is 8.56. The van der Waals surface area contributed by atoms with Crippen LogP contribution in [0.3, 0.4) is 0 Å². The van der Waals surface area contributed by atoms with Gasteiger partial charge in [-0.2, -0.15) is 0 Å². The Morgan fingerprint density at radius 3 is 2.69 bits per heavy atom. The van der Waals surface area contributed by atoms with Gasteiger partial charge in [0.15, 0.2) is 0 Å². The van der Waals surface area contributed by atoms with Crippen molar-refractivity contribution in [3.63, 3.8) is 0 Å². The Labute approximate surface area is 153 Å². The topological polar surface area (TPSA) is 83.4 Å². The molecule has 0 spiro atoms. The first-order chi connectivity index (χ1) is 12.6. The number of hydrogen-bond donors (Lipinski definition) is 3. The van der Waals surface area contributed by atoms with E-state index in [1.54, 1.807) is 18.4 Å². The molecule has 3 amide bonds. The molecule has 6 nitrogen and oxygen atoms in total. The van der Waals surface area contributed by atoms with E-state index in [-0.39, 0.29) is 24.5 Å². The smallest absolute Gasteiger partial charge is 0.315 e. The minimum absolute atomic E-state index is 0.0799. The van der Waals surface area contributed by atoms with Crippen molar-refractivity contribution in [2.75, 3.05) is 6.54 Å². The lowest BCUT2D eigenvalue weighted by atomic mass is 9.89. The Morgan fingerprint density at radius 1 is 1.12 bits per heavy atom. The van der Waals surface area contributed by atoms with Gasteiger partial charge in [0.2, 0.25) is 5.91 Å². The van der Waals surface area contributed by atoms with Crippen LogP contribution in [-0.2, 0) is 24.2 Å². The average molecular weight is 355 g/mol. The van der Waals surface area contributed by atoms with Crippen molar-refractivity contribution >= 4 is 11.9 Å². The van der Waals surface area contributed by atoms with Gasteiger partial charge in [-0.05, 0) is 61.4 Å². The van der Waals surface area contributed by atoms with Crippen molar-refractivity contribution in [3.8, 4) is 0 Å². The predicted molar refractivity (Wildman–Crippen MR) is 98.6 cm³/mol. The minimum atomic E-state index is -0.358. The molecule has 1 unspecified atom stereocenters. The highest BCUT2D eigenvalue weighted by Crippen LogP contribution is 2.24. The lowest BCUT2D eigenvalue weighted by molar-refractivity contribution is -0.120. The zero-order valence-electron chi connectivity index (χ0n) is 15.0. The summed E-state index contributed by atoms with van der Waals surface area (Å²) in [5.74, 6) is 0.404. The van der Waals surface area contributed by atoms with Crippen LogP contribution < -0.4 is 16.0 Å². The number of urea groups is 1. The van der Waals surface area contributed by atoms with Crippen LogP contribution in [0.25, 0.3) is 0 Å². The van der Waals surface area contributed by atoms with Crippen LogP contribution >= 0.6 is 0 Å². The summed E-state index contributed by atoms with van der Waals surface area (Å²) in [5, 5.41) is 8.15. The van der Waals surface area contributed by atoms with Gasteiger partial charge < -0.3 is 20.4 Å². The molecule has 0 bridgehead atoms. The highest BCUT2D eigenvalue weighted by Gasteiger charge is 2.14. The van der Waals surface area contributed by atoms with Gasteiger partial charge in [-0.15, -0.1) is 0 Å². The van der Waals surface area contributed by atoms with Gasteiger partial charge >= 0.3 is 6.03 Å². The number of furan rings is 1. The van der Waals surface area contributed by atoms with Crippen molar-refractivity contribution in [2.24, 2.45) is 0 Å². The zero-order valence-corrected chi connectivity index (χ0v) is 15.0. The molecule has 1 atom stereocenters. The molecule has 0 saturated heterocycles. The van der Waals surface area contributed by atoms with Gasteiger partial charge in [0.1, 0.15) is 5.76 Å². The van der Waals surface area contributed by atoms with E-state index in [1.165, 1.54) is 24.0 Å². The molecule has 1 aromatic carbocycles. The summed E-state index contributed by atoms with van der Waals surface area (Å²) in [6.45, 7) is 2.17. The second-order valence-electron chi connectivity index (χ2n) is 6.64. The van der Waals surface area contributed by atoms with Crippen LogP contribution in [0.5, 0.6) is 0 Å². The molecule has 1 aliphatic rings. The zero-order chi connectivity index (χ0) is 18.4. The molecular weight excluding hydrogens is 330 g/mol. The predicted octanol–water partition coefficient (Wildman–Crippen LogP) is 2.84. The minimum Gasteiger partial charge on any atom is -0.467 e. The summed E-state index contributed by atoms with van der Waals surface area (Å²) < 4.78 is 5.14. The molecule has 1 aromatic heterocycles. The maximum atomic E-state index is 12.0. The summed E-state index contributed by atoms with van der Waals surface area (Å²) in [6.07, 6.45) is 6.29. The lowest BCUT2D eigenvalue weighted by Crippen LogP contribution is -2.42. The standard InChI is InChI=1S/C20H25N3O3/c1-14(16-9-8-15-5-2-3-6-17(15)11-16)23-20(25)22-13-19(24)21-12-18-7-4-10-26-18/h4,7-11,14H,2-3,5-6,12-13H2,1H3,(H,21,24)(H2,22,23,25). The molecule has 0 radical (unpaired) electrons. The van der Waals surface area contributed by atoms with E-state index in [2.05, 4.69) is 34.1 Å². The molecule has 6 heteroatoms. The van der Waals surface area contributed by atoms with E-state index in [0.29, 0.717) is 12.3 Å². The third-order valence-corrected chi connectivity index (χ3v) is 4.67. The first-order valence-corrected chi connectivity index (χ1v) is 9.07. The number of amides is 3. The largest absolute Gasteiger partial charge is 0.467 e. The number of aryl methyl sites for hydroxylation is 2. The van der Waals surface area contributed by atoms with Crippen molar-refractivity contribution in [1.82, 2.24) is 16.0 Å². The Hall–Kier alpha value is -2.76. The van der Waals surface area contributed by atoms with Crippen molar-refractivity contribution in [1.29, 1.82) is 0 Å². The molecule has 1 heterocycles. The highest BCUT2D eigenvalue weighted by atomic mass is 16.3. The number of fused-ring (bicyclic) bond motifs is 1. The van der Waals surface area contributed by atoms with Gasteiger partial charge in [0.25, 0.3) is 0 Å². The van der Waals surface area contributed by atoms with Crippen LogP contribution in [0.15, 0.2) is 41.0 Å². The molecule has 0 saturated carbocycles. The fourth-order valence-electron chi connectivity index (χ4n) is 3.18. The van der Waals surface area contributed by atoms with Crippen molar-refractivity contribution in [3.05, 3.63) is 59.0 Å². The van der Waals surface area contributed by atoms with E-state index in [0.717, 1.165) is 18.4 Å². The SMILES string of the molecule is CC(NC(=O)NCC(=O)NCc1ccco1)c1ccc2c(c1)CCCC2. The Morgan fingerprint density at radius 2 is 1.92 bits per heavy atom. The molecule has 3 N–H and O–H groups in total. The normalized spacial score (nSPS) is 14.2. The lowest BCUT2D eigenvalue weighted by Gasteiger charge is -2.20. The fraction of sp³-hybridized carbons (Fsp3) is 0.400. The number of benzene rings is 1. The van der Waals surface area contributed by atoms with Gasteiger partial charge in [-0.3, -0.25) is 4.79 Å². The van der Waals surface area contributed by atoms with Crippen molar-refractivity contribution < 1.29 is 14.0 Å². The average Bonchev–Trinajstić information content (AvgIpc) is 3.18. The van der Waals surface area contributed by atoms with Crippen LogP contribution in [0.4, 0.5) is 4.79 Å². The summed E-state index contributed by atoms with van der Waals surface area (Å²) in [5.41, 5.74) is 3.90. The monoisotopic (exact) mass is 355 g/mol. The molecule has 1 aliphatic carbocycles. The van der Waals surface area contributed by atoms with Crippen LogP contribution in [0, 0.1) is 0 Å². The number of nitrogens with one attached hydrogen (secondary N) is 3. The van der Waals surface area contributed by atoms with Gasteiger partial charge in [-0.25, -0.2) is 4.79 Å². The molecule has 138 valence electrons. The van der Waals surface area contributed by atoms with E-state index in [1.807, 2.05) is 6.92 Å². The van der Waals surface area contributed by atoms with Gasteiger partial charge in [0, 0.05) is 0 Å². The third-order valence-electron chi connectivity index (χ3n) is 4.67. The van der Waals surface area contributed by atoms with Crippen LogP contribution in [0.1, 0.15) is 48.3 Å². The van der Waals surface area contributed by atoms with Gasteiger partial charge in [-0.1, -0.05) is 18.2 Å². The maximum absolute atomic E-state index is 12.0. The number of hydrogen-bond acceptors (Lipinski definition) is 3. The summed E-state index contributed by atoms with van der Waals surface area (Å²) in [4.78, 5) is 23.8. The third kappa shape index (κ3) is 4.88. The maximum Gasteiger partial charge on any atom is 0.315 e. The summed E-state index contributed by atoms with van der Waals surface area (Å²) >= 11 is 0. The Kier molecular flexibility index (Phi) is 5.94. The Bertz CT molecular complexity index is 756. The number of carbonyl (C=O) groups is 2. The first-order valence-electron chi connectivity index (χ1n) is 9.07.